The van der Waals surface area contributed by atoms with Crippen LogP contribution in [0.1, 0.15) is 19.3 Å². The fourth-order valence-corrected chi connectivity index (χ4v) is 5.27. The molecule has 33 heavy (non-hydrogen) atoms. The maximum Gasteiger partial charge on any atom is 0.307 e. The summed E-state index contributed by atoms with van der Waals surface area (Å²) >= 11 is 4.65. The second-order valence-corrected chi connectivity index (χ2v) is 10.1. The zero-order valence-electron chi connectivity index (χ0n) is 17.4. The highest BCUT2D eigenvalue weighted by Crippen LogP contribution is 2.35. The zero-order chi connectivity index (χ0) is 23.5. The number of imide groups is 1. The predicted octanol–water partition coefficient (Wildman–Crippen LogP) is 4.48. The summed E-state index contributed by atoms with van der Waals surface area (Å²) in [6.07, 6.45) is 4.48. The van der Waals surface area contributed by atoms with E-state index in [1.807, 2.05) is 6.08 Å². The van der Waals surface area contributed by atoms with Crippen molar-refractivity contribution in [2.24, 2.45) is 11.8 Å². The van der Waals surface area contributed by atoms with Crippen LogP contribution in [-0.4, -0.2) is 34.0 Å². The first kappa shape index (κ1) is 23.3. The van der Waals surface area contributed by atoms with Gasteiger partial charge in [0.05, 0.1) is 22.8 Å². The Kier molecular flexibility index (Phi) is 6.99. The normalized spacial score (nSPS) is 22.5. The average Bonchev–Trinajstić information content (AvgIpc) is 3.08. The average molecular weight is 529 g/mol. The molecule has 3 unspecified atom stereocenters. The van der Waals surface area contributed by atoms with Gasteiger partial charge in [-0.2, -0.15) is 0 Å². The van der Waals surface area contributed by atoms with Gasteiger partial charge in [0, 0.05) is 21.5 Å². The molecule has 7 nitrogen and oxygen atoms in total. The lowest BCUT2D eigenvalue weighted by molar-refractivity contribution is -0.146. The molecule has 0 aromatic heterocycles. The van der Waals surface area contributed by atoms with Gasteiger partial charge in [0.25, 0.3) is 0 Å². The van der Waals surface area contributed by atoms with E-state index >= 15 is 0 Å². The van der Waals surface area contributed by atoms with E-state index in [9.17, 15) is 24.3 Å². The number of anilines is 2. The maximum atomic E-state index is 12.8. The Hall–Kier alpha value is -2.91. The van der Waals surface area contributed by atoms with E-state index in [2.05, 4.69) is 21.2 Å². The monoisotopic (exact) mass is 528 g/mol. The topological polar surface area (TPSA) is 104 Å². The summed E-state index contributed by atoms with van der Waals surface area (Å²) in [6.45, 7) is 0. The molecule has 2 aromatic carbocycles. The largest absolute Gasteiger partial charge is 0.481 e. The van der Waals surface area contributed by atoms with Crippen LogP contribution in [-0.2, 0) is 19.2 Å². The zero-order valence-corrected chi connectivity index (χ0v) is 19.8. The third-order valence-electron chi connectivity index (χ3n) is 5.68. The van der Waals surface area contributed by atoms with E-state index in [1.165, 1.54) is 16.7 Å². The molecule has 1 saturated heterocycles. The SMILES string of the molecule is O=C(O)C1CC=CCC1C(=O)Nc1ccc(SC2CC(=O)N(c3ccc(Br)cc3)C2=O)cc1. The molecule has 1 heterocycles. The molecule has 0 radical (unpaired) electrons. The molecule has 2 aromatic rings. The van der Waals surface area contributed by atoms with Gasteiger partial charge < -0.3 is 10.4 Å². The number of carboxylic acid groups (broad SMARTS) is 1. The highest BCUT2D eigenvalue weighted by molar-refractivity contribution is 9.10. The molecule has 0 saturated carbocycles. The Balaban J connectivity index is 1.39. The number of halogens is 1. The summed E-state index contributed by atoms with van der Waals surface area (Å²) in [5.41, 5.74) is 1.10. The summed E-state index contributed by atoms with van der Waals surface area (Å²) in [4.78, 5) is 51.4. The minimum Gasteiger partial charge on any atom is -0.481 e. The number of thioether (sulfide) groups is 1. The number of carboxylic acids is 1. The van der Waals surface area contributed by atoms with Gasteiger partial charge in [0.1, 0.15) is 0 Å². The number of hydrogen-bond acceptors (Lipinski definition) is 5. The van der Waals surface area contributed by atoms with Crippen molar-refractivity contribution in [1.29, 1.82) is 0 Å². The summed E-state index contributed by atoms with van der Waals surface area (Å²) in [5.74, 6) is -3.14. The summed E-state index contributed by atoms with van der Waals surface area (Å²) < 4.78 is 0.863. The van der Waals surface area contributed by atoms with Crippen LogP contribution in [0.3, 0.4) is 0 Å². The third kappa shape index (κ3) is 5.20. The van der Waals surface area contributed by atoms with Crippen LogP contribution in [0.15, 0.2) is 70.1 Å². The third-order valence-corrected chi connectivity index (χ3v) is 7.40. The van der Waals surface area contributed by atoms with Crippen molar-refractivity contribution in [3.05, 3.63) is 65.2 Å². The Morgan fingerprint density at radius 2 is 1.61 bits per heavy atom. The lowest BCUT2D eigenvalue weighted by Gasteiger charge is -2.24. The summed E-state index contributed by atoms with van der Waals surface area (Å²) in [7, 11) is 0. The minimum absolute atomic E-state index is 0.115. The Morgan fingerprint density at radius 3 is 2.24 bits per heavy atom. The molecule has 1 aliphatic carbocycles. The first-order chi connectivity index (χ1) is 15.8. The van der Waals surface area contributed by atoms with Crippen molar-refractivity contribution in [1.82, 2.24) is 0 Å². The molecule has 4 rings (SSSR count). The number of nitrogens with one attached hydrogen (secondary N) is 1. The van der Waals surface area contributed by atoms with Crippen LogP contribution in [0.4, 0.5) is 11.4 Å². The van der Waals surface area contributed by atoms with Crippen LogP contribution in [0.25, 0.3) is 0 Å². The molecule has 3 atom stereocenters. The van der Waals surface area contributed by atoms with Crippen molar-refractivity contribution >= 4 is 62.8 Å². The number of nitrogens with zero attached hydrogens (tertiary/aromatic N) is 1. The number of benzene rings is 2. The van der Waals surface area contributed by atoms with Crippen molar-refractivity contribution in [2.75, 3.05) is 10.2 Å². The standard InChI is InChI=1S/C24H21BrN2O5S/c25-14-5-9-16(10-6-14)27-21(28)13-20(23(27)30)33-17-11-7-15(8-12-17)26-22(29)18-3-1-2-4-19(18)24(31)32/h1-2,5-12,18-20H,3-4,13H2,(H,26,29)(H,31,32). The molecule has 9 heteroatoms. The van der Waals surface area contributed by atoms with Crippen LogP contribution in [0.2, 0.25) is 0 Å². The number of rotatable bonds is 6. The lowest BCUT2D eigenvalue weighted by atomic mass is 9.82. The fourth-order valence-electron chi connectivity index (χ4n) is 3.95. The quantitative estimate of drug-likeness (QED) is 0.423. The number of aliphatic carboxylic acids is 1. The second kappa shape index (κ2) is 9.93. The van der Waals surface area contributed by atoms with Gasteiger partial charge in [-0.05, 0) is 61.4 Å². The number of hydrogen-bond donors (Lipinski definition) is 2. The molecule has 2 aliphatic rings. The van der Waals surface area contributed by atoms with E-state index in [4.69, 9.17) is 0 Å². The van der Waals surface area contributed by atoms with E-state index in [-0.39, 0.29) is 24.1 Å². The van der Waals surface area contributed by atoms with Crippen molar-refractivity contribution < 1.29 is 24.3 Å². The summed E-state index contributed by atoms with van der Waals surface area (Å²) in [5, 5.41) is 11.6. The Morgan fingerprint density at radius 1 is 0.970 bits per heavy atom. The van der Waals surface area contributed by atoms with Crippen LogP contribution in [0, 0.1) is 11.8 Å². The van der Waals surface area contributed by atoms with Gasteiger partial charge in [-0.25, -0.2) is 4.90 Å². The van der Waals surface area contributed by atoms with E-state index < -0.39 is 23.1 Å². The van der Waals surface area contributed by atoms with Gasteiger partial charge >= 0.3 is 5.97 Å². The van der Waals surface area contributed by atoms with Crippen molar-refractivity contribution in [2.45, 2.75) is 29.4 Å². The first-order valence-electron chi connectivity index (χ1n) is 10.4. The highest BCUT2D eigenvalue weighted by atomic mass is 79.9. The van der Waals surface area contributed by atoms with Crippen LogP contribution < -0.4 is 10.2 Å². The number of carbonyl (C=O) groups excluding carboxylic acids is 3. The molecular weight excluding hydrogens is 508 g/mol. The Bertz CT molecular complexity index is 1120. The van der Waals surface area contributed by atoms with Gasteiger partial charge in [-0.15, -0.1) is 11.8 Å². The van der Waals surface area contributed by atoms with Crippen LogP contribution in [0.5, 0.6) is 0 Å². The Labute approximate surface area is 203 Å². The van der Waals surface area contributed by atoms with Gasteiger partial charge in [0.2, 0.25) is 17.7 Å². The molecule has 2 N–H and O–H groups in total. The maximum absolute atomic E-state index is 12.8. The molecule has 170 valence electrons. The molecule has 1 aliphatic heterocycles. The van der Waals surface area contributed by atoms with Gasteiger partial charge in [-0.3, -0.25) is 19.2 Å². The summed E-state index contributed by atoms with van der Waals surface area (Å²) in [6, 6.07) is 14.0. The van der Waals surface area contributed by atoms with E-state index in [0.717, 1.165) is 9.37 Å². The number of allylic oxidation sites excluding steroid dienone is 2. The first-order valence-corrected chi connectivity index (χ1v) is 12.1. The van der Waals surface area contributed by atoms with Gasteiger partial charge in [0.15, 0.2) is 0 Å². The molecular formula is C24H21BrN2O5S. The molecule has 3 amide bonds. The second-order valence-electron chi connectivity index (χ2n) is 7.86. The highest BCUT2D eigenvalue weighted by Gasteiger charge is 2.40. The fraction of sp³-hybridized carbons (Fsp3) is 0.250. The molecule has 0 spiro atoms. The van der Waals surface area contributed by atoms with Crippen LogP contribution >= 0.6 is 27.7 Å². The molecule has 0 bridgehead atoms. The molecule has 1 fully saturated rings. The van der Waals surface area contributed by atoms with E-state index in [0.29, 0.717) is 24.2 Å². The van der Waals surface area contributed by atoms with Gasteiger partial charge in [-0.1, -0.05) is 28.1 Å². The van der Waals surface area contributed by atoms with E-state index in [1.54, 1.807) is 54.6 Å². The smallest absolute Gasteiger partial charge is 0.307 e. The van der Waals surface area contributed by atoms with Crippen molar-refractivity contribution in [3.8, 4) is 0 Å². The number of carbonyl (C=O) groups is 4. The number of amides is 3. The predicted molar refractivity (Wildman–Crippen MR) is 129 cm³/mol. The minimum atomic E-state index is -0.973. The van der Waals surface area contributed by atoms with Crippen molar-refractivity contribution in [3.63, 3.8) is 0 Å². The lowest BCUT2D eigenvalue weighted by Crippen LogP contribution is -2.34.